The Morgan fingerprint density at radius 3 is 2.67 bits per heavy atom. The maximum absolute atomic E-state index is 11.4. The van der Waals surface area contributed by atoms with E-state index in [1.165, 1.54) is 0 Å². The second kappa shape index (κ2) is 6.00. The van der Waals surface area contributed by atoms with Gasteiger partial charge in [0.1, 0.15) is 0 Å². The molecule has 0 saturated heterocycles. The molecule has 0 radical (unpaired) electrons. The molecule has 0 heterocycles. The SMILES string of the molecule is CSCCCCNC(=O)[C@@H]1C[C@@H]1C(=O)O. The van der Waals surface area contributed by atoms with Crippen molar-refractivity contribution in [3.05, 3.63) is 0 Å². The summed E-state index contributed by atoms with van der Waals surface area (Å²) in [4.78, 5) is 21.9. The highest BCUT2D eigenvalue weighted by molar-refractivity contribution is 7.98. The van der Waals surface area contributed by atoms with E-state index in [1.807, 2.05) is 0 Å². The van der Waals surface area contributed by atoms with E-state index in [9.17, 15) is 9.59 Å². The summed E-state index contributed by atoms with van der Waals surface area (Å²) in [7, 11) is 0. The Balaban J connectivity index is 2.03. The molecule has 1 aliphatic rings. The topological polar surface area (TPSA) is 66.4 Å². The molecule has 5 heteroatoms. The number of thioether (sulfide) groups is 1. The Morgan fingerprint density at radius 1 is 1.40 bits per heavy atom. The molecule has 86 valence electrons. The number of unbranched alkanes of at least 4 members (excludes halogenated alkanes) is 1. The summed E-state index contributed by atoms with van der Waals surface area (Å²) in [5.41, 5.74) is 0. The highest BCUT2D eigenvalue weighted by Gasteiger charge is 2.48. The molecule has 1 saturated carbocycles. The highest BCUT2D eigenvalue weighted by atomic mass is 32.2. The lowest BCUT2D eigenvalue weighted by atomic mass is 10.3. The lowest BCUT2D eigenvalue weighted by molar-refractivity contribution is -0.140. The average molecular weight is 231 g/mol. The summed E-state index contributed by atoms with van der Waals surface area (Å²) >= 11 is 1.79. The van der Waals surface area contributed by atoms with Crippen LogP contribution in [-0.2, 0) is 9.59 Å². The minimum atomic E-state index is -0.850. The molecule has 4 nitrogen and oxygen atoms in total. The first-order valence-electron chi connectivity index (χ1n) is 5.16. The second-order valence-corrected chi connectivity index (χ2v) is 4.76. The Labute approximate surface area is 93.8 Å². The Bertz CT molecular complexity index is 245. The van der Waals surface area contributed by atoms with Gasteiger partial charge in [-0.15, -0.1) is 0 Å². The molecule has 2 atom stereocenters. The number of amides is 1. The fourth-order valence-corrected chi connectivity index (χ4v) is 1.96. The van der Waals surface area contributed by atoms with Crippen molar-refractivity contribution in [3.63, 3.8) is 0 Å². The van der Waals surface area contributed by atoms with Gasteiger partial charge in [-0.3, -0.25) is 9.59 Å². The van der Waals surface area contributed by atoms with Crippen LogP contribution >= 0.6 is 11.8 Å². The summed E-state index contributed by atoms with van der Waals surface area (Å²) < 4.78 is 0. The van der Waals surface area contributed by atoms with Gasteiger partial charge in [0.25, 0.3) is 0 Å². The molecule has 0 aromatic rings. The van der Waals surface area contributed by atoms with Crippen LogP contribution in [0.15, 0.2) is 0 Å². The number of rotatable bonds is 7. The highest BCUT2D eigenvalue weighted by Crippen LogP contribution is 2.38. The Morgan fingerprint density at radius 2 is 2.13 bits per heavy atom. The zero-order valence-electron chi connectivity index (χ0n) is 8.86. The standard InChI is InChI=1S/C10H17NO3S/c1-15-5-3-2-4-11-9(12)7-6-8(7)10(13)14/h7-8H,2-6H2,1H3,(H,11,12)(H,13,14)/t7-,8+/m1/s1. The van der Waals surface area contributed by atoms with Crippen LogP contribution in [0.1, 0.15) is 19.3 Å². The Hall–Kier alpha value is -0.710. The van der Waals surface area contributed by atoms with Gasteiger partial charge in [0.2, 0.25) is 5.91 Å². The van der Waals surface area contributed by atoms with Crippen molar-refractivity contribution in [1.82, 2.24) is 5.32 Å². The van der Waals surface area contributed by atoms with Crippen LogP contribution in [0.4, 0.5) is 0 Å². The molecule has 1 aliphatic carbocycles. The first-order chi connectivity index (χ1) is 7.16. The van der Waals surface area contributed by atoms with Crippen molar-refractivity contribution in [3.8, 4) is 0 Å². The van der Waals surface area contributed by atoms with Crippen LogP contribution < -0.4 is 5.32 Å². The van der Waals surface area contributed by atoms with Gasteiger partial charge >= 0.3 is 5.97 Å². The molecule has 0 aliphatic heterocycles. The number of aliphatic carboxylic acids is 1. The normalized spacial score (nSPS) is 23.5. The quantitative estimate of drug-likeness (QED) is 0.641. The predicted molar refractivity (Wildman–Crippen MR) is 59.9 cm³/mol. The third-order valence-corrected chi connectivity index (χ3v) is 3.22. The molecule has 0 spiro atoms. The van der Waals surface area contributed by atoms with Gasteiger partial charge in [0.15, 0.2) is 0 Å². The van der Waals surface area contributed by atoms with E-state index in [-0.39, 0.29) is 11.8 Å². The van der Waals surface area contributed by atoms with E-state index >= 15 is 0 Å². The number of hydrogen-bond acceptors (Lipinski definition) is 3. The van der Waals surface area contributed by atoms with Crippen LogP contribution in [-0.4, -0.2) is 35.5 Å². The predicted octanol–water partition coefficient (Wildman–Crippen LogP) is 0.967. The first-order valence-corrected chi connectivity index (χ1v) is 6.55. The van der Waals surface area contributed by atoms with Gasteiger partial charge in [0.05, 0.1) is 11.8 Å². The fraction of sp³-hybridized carbons (Fsp3) is 0.800. The summed E-state index contributed by atoms with van der Waals surface area (Å²) in [5, 5.41) is 11.4. The molecule has 15 heavy (non-hydrogen) atoms. The maximum Gasteiger partial charge on any atom is 0.307 e. The minimum Gasteiger partial charge on any atom is -0.481 e. The van der Waals surface area contributed by atoms with Gasteiger partial charge in [-0.05, 0) is 31.3 Å². The van der Waals surface area contributed by atoms with Crippen molar-refractivity contribution >= 4 is 23.6 Å². The van der Waals surface area contributed by atoms with E-state index in [0.29, 0.717) is 13.0 Å². The number of carbonyl (C=O) groups excluding carboxylic acids is 1. The van der Waals surface area contributed by atoms with E-state index < -0.39 is 11.9 Å². The van der Waals surface area contributed by atoms with Crippen molar-refractivity contribution in [1.29, 1.82) is 0 Å². The maximum atomic E-state index is 11.4. The van der Waals surface area contributed by atoms with Crippen molar-refractivity contribution in [2.24, 2.45) is 11.8 Å². The van der Waals surface area contributed by atoms with Gasteiger partial charge in [0, 0.05) is 6.54 Å². The van der Waals surface area contributed by atoms with Gasteiger partial charge in [-0.25, -0.2) is 0 Å². The Kier molecular flexibility index (Phi) is 4.94. The molecule has 0 unspecified atom stereocenters. The summed E-state index contributed by atoms with van der Waals surface area (Å²) in [5.74, 6) is -0.542. The van der Waals surface area contributed by atoms with Crippen LogP contribution in [0.5, 0.6) is 0 Å². The largest absolute Gasteiger partial charge is 0.481 e. The lowest BCUT2D eigenvalue weighted by Crippen LogP contribution is -2.27. The second-order valence-electron chi connectivity index (χ2n) is 3.78. The number of carboxylic acids is 1. The molecule has 1 rings (SSSR count). The minimum absolute atomic E-state index is 0.0912. The molecular formula is C10H17NO3S. The monoisotopic (exact) mass is 231 g/mol. The van der Waals surface area contributed by atoms with Crippen molar-refractivity contribution in [2.45, 2.75) is 19.3 Å². The zero-order valence-corrected chi connectivity index (χ0v) is 9.68. The van der Waals surface area contributed by atoms with E-state index in [0.717, 1.165) is 18.6 Å². The molecule has 0 bridgehead atoms. The van der Waals surface area contributed by atoms with Crippen LogP contribution in [0.3, 0.4) is 0 Å². The van der Waals surface area contributed by atoms with Gasteiger partial charge < -0.3 is 10.4 Å². The van der Waals surface area contributed by atoms with E-state index in [2.05, 4.69) is 11.6 Å². The van der Waals surface area contributed by atoms with E-state index in [1.54, 1.807) is 11.8 Å². The zero-order chi connectivity index (χ0) is 11.3. The summed E-state index contributed by atoms with van der Waals surface area (Å²) in [6.07, 6.45) is 4.62. The number of nitrogens with one attached hydrogen (secondary N) is 1. The first kappa shape index (κ1) is 12.4. The summed E-state index contributed by atoms with van der Waals surface area (Å²) in [6.45, 7) is 0.669. The molecule has 2 N–H and O–H groups in total. The number of carbonyl (C=O) groups is 2. The van der Waals surface area contributed by atoms with Crippen LogP contribution in [0.2, 0.25) is 0 Å². The molecule has 1 fully saturated rings. The van der Waals surface area contributed by atoms with Gasteiger partial charge in [-0.1, -0.05) is 0 Å². The van der Waals surface area contributed by atoms with E-state index in [4.69, 9.17) is 5.11 Å². The van der Waals surface area contributed by atoms with Crippen molar-refractivity contribution < 1.29 is 14.7 Å². The van der Waals surface area contributed by atoms with Crippen LogP contribution in [0.25, 0.3) is 0 Å². The lowest BCUT2D eigenvalue weighted by Gasteiger charge is -2.03. The van der Waals surface area contributed by atoms with Crippen molar-refractivity contribution in [2.75, 3.05) is 18.6 Å². The summed E-state index contributed by atoms with van der Waals surface area (Å²) in [6, 6.07) is 0. The molecule has 1 amide bonds. The van der Waals surface area contributed by atoms with Gasteiger partial charge in [-0.2, -0.15) is 11.8 Å². The number of hydrogen-bond donors (Lipinski definition) is 2. The fourth-order valence-electron chi connectivity index (χ4n) is 1.47. The van der Waals surface area contributed by atoms with Crippen LogP contribution in [0, 0.1) is 11.8 Å². The molecule has 0 aromatic carbocycles. The third kappa shape index (κ3) is 4.11. The number of carboxylic acid groups (broad SMARTS) is 1. The molecule has 0 aromatic heterocycles. The average Bonchev–Trinajstić information content (AvgIpc) is 2.96. The third-order valence-electron chi connectivity index (χ3n) is 2.52. The molecular weight excluding hydrogens is 214 g/mol. The smallest absolute Gasteiger partial charge is 0.307 e.